The lowest BCUT2D eigenvalue weighted by Gasteiger charge is -2.29. The minimum atomic E-state index is 0.0141. The number of hydrogen-bond donors (Lipinski definition) is 0. The highest BCUT2D eigenvalue weighted by Gasteiger charge is 2.30. The van der Waals surface area contributed by atoms with Crippen molar-refractivity contribution < 1.29 is 0 Å². The summed E-state index contributed by atoms with van der Waals surface area (Å²) >= 11 is 0. The number of hydrogen-bond acceptors (Lipinski definition) is 2. The summed E-state index contributed by atoms with van der Waals surface area (Å²) in [4.78, 5) is 4.99. The van der Waals surface area contributed by atoms with Gasteiger partial charge in [0, 0.05) is 65.6 Å². The first-order valence-corrected chi connectivity index (χ1v) is 27.4. The average molecular weight is 1000 g/mol. The quantitative estimate of drug-likeness (QED) is 0.151. The van der Waals surface area contributed by atoms with E-state index in [1.54, 1.807) is 0 Å². The van der Waals surface area contributed by atoms with Gasteiger partial charge >= 0.3 is 0 Å². The van der Waals surface area contributed by atoms with Crippen LogP contribution >= 0.6 is 0 Å². The summed E-state index contributed by atoms with van der Waals surface area (Å²) in [7, 11) is 0. The van der Waals surface area contributed by atoms with Crippen LogP contribution in [0.5, 0.6) is 0 Å². The maximum Gasteiger partial charge on any atom is 0.0641 e. The molecule has 0 saturated carbocycles. The summed E-state index contributed by atoms with van der Waals surface area (Å²) in [6, 6.07) is 90.5. The molecule has 0 atom stereocenters. The predicted octanol–water partition coefficient (Wildman–Crippen LogP) is 20.9. The second kappa shape index (κ2) is 17.1. The first kappa shape index (κ1) is 46.0. The average Bonchev–Trinajstić information content (AvgIpc) is 4.40. The molecule has 0 aliphatic carbocycles. The summed E-state index contributed by atoms with van der Waals surface area (Å²) in [6.45, 7) is 13.8. The Morgan fingerprint density at radius 3 is 1.09 bits per heavy atom. The fourth-order valence-corrected chi connectivity index (χ4v) is 12.9. The van der Waals surface area contributed by atoms with Gasteiger partial charge in [-0.05, 0) is 106 Å². The van der Waals surface area contributed by atoms with Crippen molar-refractivity contribution in [2.24, 2.45) is 0 Å². The van der Waals surface area contributed by atoms with E-state index < -0.39 is 0 Å². The van der Waals surface area contributed by atoms with E-state index in [0.717, 1.165) is 34.1 Å². The standard InChI is InChI=1S/C74H58N4/c1-73(2,3)49-25-21-23-47(43-49)53-31-13-17-35-61(53)75(51-27-9-7-10-28-51)65-41-39-55-59-45-68-60(46-67(59)77-63-37-19-15-33-57(63)69(65)71(55)77)56-40-42-66(70-58-34-16-20-38-64(58)78(68)72(56)70)76(52-29-11-8-12-30-52)62-36-18-14-32-54(62)48-24-22-26-50(44-48)74(4,5)6/h7-46H,1-6H3. The summed E-state index contributed by atoms with van der Waals surface area (Å²) in [5.41, 5.74) is 21.6. The smallest absolute Gasteiger partial charge is 0.0641 e. The third-order valence-electron chi connectivity index (χ3n) is 16.6. The van der Waals surface area contributed by atoms with Gasteiger partial charge in [-0.15, -0.1) is 0 Å². The van der Waals surface area contributed by atoms with Crippen LogP contribution in [0.1, 0.15) is 52.7 Å². The zero-order valence-corrected chi connectivity index (χ0v) is 44.9. The number of nitrogens with zero attached hydrogens (tertiary/aromatic N) is 4. The highest BCUT2D eigenvalue weighted by molar-refractivity contribution is 6.32. The predicted molar refractivity (Wildman–Crippen MR) is 333 cm³/mol. The highest BCUT2D eigenvalue weighted by atomic mass is 15.2. The Bertz CT molecular complexity index is 4510. The zero-order valence-electron chi connectivity index (χ0n) is 44.9. The van der Waals surface area contributed by atoms with Crippen molar-refractivity contribution in [1.29, 1.82) is 0 Å². The molecule has 15 rings (SSSR count). The summed E-state index contributed by atoms with van der Waals surface area (Å²) in [6.07, 6.45) is 0. The van der Waals surface area contributed by atoms with E-state index in [-0.39, 0.29) is 10.8 Å². The molecule has 78 heavy (non-hydrogen) atoms. The zero-order chi connectivity index (χ0) is 52.6. The van der Waals surface area contributed by atoms with Crippen molar-refractivity contribution in [2.75, 3.05) is 9.80 Å². The molecule has 15 aromatic rings. The van der Waals surface area contributed by atoms with Crippen LogP contribution in [0.25, 0.3) is 98.4 Å². The topological polar surface area (TPSA) is 15.3 Å². The molecule has 374 valence electrons. The van der Waals surface area contributed by atoms with Crippen molar-refractivity contribution in [1.82, 2.24) is 8.80 Å². The van der Waals surface area contributed by atoms with Gasteiger partial charge in [-0.25, -0.2) is 0 Å². The molecule has 0 saturated heterocycles. The summed E-state index contributed by atoms with van der Waals surface area (Å²) in [5, 5.41) is 9.93. The van der Waals surface area contributed by atoms with Crippen molar-refractivity contribution in [3.63, 3.8) is 0 Å². The van der Waals surface area contributed by atoms with E-state index >= 15 is 0 Å². The second-order valence-corrected chi connectivity index (χ2v) is 23.3. The second-order valence-electron chi connectivity index (χ2n) is 23.3. The monoisotopic (exact) mass is 1000 g/mol. The van der Waals surface area contributed by atoms with Gasteiger partial charge in [-0.3, -0.25) is 0 Å². The Hall–Kier alpha value is -9.38. The van der Waals surface area contributed by atoms with Gasteiger partial charge < -0.3 is 18.6 Å². The SMILES string of the molecule is CC(C)(C)c1cccc(-c2ccccc2N(c2ccccc2)c2ccc3c4cc5c(cc4n4c6ccccc6c2c34)c2ccc(N(c3ccccc3)c3ccccc3-c3cccc(C(C)(C)C)c3)c3c4ccccc4n5c23)c1. The van der Waals surface area contributed by atoms with Crippen molar-refractivity contribution in [3.8, 4) is 22.3 Å². The lowest BCUT2D eigenvalue weighted by molar-refractivity contribution is 0.590. The molecule has 4 aromatic heterocycles. The Morgan fingerprint density at radius 2 is 0.667 bits per heavy atom. The summed E-state index contributed by atoms with van der Waals surface area (Å²) in [5.74, 6) is 0. The number of fused-ring (bicyclic) bond motifs is 12. The molecule has 0 aliphatic heterocycles. The molecule has 4 heterocycles. The molecule has 0 amide bonds. The first-order chi connectivity index (χ1) is 38.0. The first-order valence-electron chi connectivity index (χ1n) is 27.4. The van der Waals surface area contributed by atoms with Gasteiger partial charge in [-0.2, -0.15) is 0 Å². The van der Waals surface area contributed by atoms with Gasteiger partial charge in [0.05, 0.1) is 55.8 Å². The number of aromatic nitrogens is 2. The van der Waals surface area contributed by atoms with Gasteiger partial charge in [-0.1, -0.05) is 211 Å². The van der Waals surface area contributed by atoms with Crippen molar-refractivity contribution >= 4 is 110 Å². The number of benzene rings is 11. The van der Waals surface area contributed by atoms with Crippen LogP contribution in [0.15, 0.2) is 243 Å². The Morgan fingerprint density at radius 1 is 0.282 bits per heavy atom. The fraction of sp³-hybridized carbons (Fsp3) is 0.108. The molecule has 0 bridgehead atoms. The van der Waals surface area contributed by atoms with Crippen molar-refractivity contribution in [3.05, 3.63) is 254 Å². The minimum Gasteiger partial charge on any atom is -0.309 e. The fourth-order valence-electron chi connectivity index (χ4n) is 12.9. The van der Waals surface area contributed by atoms with Crippen LogP contribution in [0.3, 0.4) is 0 Å². The Balaban J connectivity index is 0.984. The molecule has 11 aromatic carbocycles. The minimum absolute atomic E-state index is 0.0141. The van der Waals surface area contributed by atoms with Crippen LogP contribution in [-0.4, -0.2) is 8.80 Å². The van der Waals surface area contributed by atoms with E-state index in [1.807, 2.05) is 0 Å². The highest BCUT2D eigenvalue weighted by Crippen LogP contribution is 2.53. The number of para-hydroxylation sites is 6. The van der Waals surface area contributed by atoms with Crippen LogP contribution in [0, 0.1) is 0 Å². The van der Waals surface area contributed by atoms with Crippen molar-refractivity contribution in [2.45, 2.75) is 52.4 Å². The van der Waals surface area contributed by atoms with Gasteiger partial charge in [0.15, 0.2) is 0 Å². The van der Waals surface area contributed by atoms with E-state index in [1.165, 1.54) is 110 Å². The Kier molecular flexibility index (Phi) is 10.1. The maximum absolute atomic E-state index is 2.56. The molecule has 0 radical (unpaired) electrons. The molecule has 4 nitrogen and oxygen atoms in total. The van der Waals surface area contributed by atoms with Crippen LogP contribution in [0.4, 0.5) is 34.1 Å². The van der Waals surface area contributed by atoms with Crippen LogP contribution in [0.2, 0.25) is 0 Å². The van der Waals surface area contributed by atoms with Crippen LogP contribution < -0.4 is 9.80 Å². The maximum atomic E-state index is 2.56. The van der Waals surface area contributed by atoms with Gasteiger partial charge in [0.25, 0.3) is 0 Å². The molecule has 0 unspecified atom stereocenters. The molecule has 4 heteroatoms. The lowest BCUT2D eigenvalue weighted by atomic mass is 9.85. The van der Waals surface area contributed by atoms with E-state index in [2.05, 4.69) is 303 Å². The molecular formula is C74H58N4. The third-order valence-corrected chi connectivity index (χ3v) is 16.6. The summed E-state index contributed by atoms with van der Waals surface area (Å²) < 4.78 is 5.11. The number of anilines is 6. The Labute approximate surface area is 454 Å². The number of rotatable bonds is 8. The lowest BCUT2D eigenvalue weighted by Crippen LogP contribution is -2.12. The largest absolute Gasteiger partial charge is 0.309 e. The van der Waals surface area contributed by atoms with Crippen LogP contribution in [-0.2, 0) is 10.8 Å². The normalized spacial score (nSPS) is 12.5. The molecule has 0 aliphatic rings. The van der Waals surface area contributed by atoms with E-state index in [9.17, 15) is 0 Å². The van der Waals surface area contributed by atoms with E-state index in [0.29, 0.717) is 0 Å². The molecule has 0 fully saturated rings. The molecular weight excluding hydrogens is 945 g/mol. The molecule has 0 spiro atoms. The third kappa shape index (κ3) is 6.85. The van der Waals surface area contributed by atoms with Gasteiger partial charge in [0.2, 0.25) is 0 Å². The van der Waals surface area contributed by atoms with E-state index in [4.69, 9.17) is 0 Å². The molecule has 0 N–H and O–H groups in total. The van der Waals surface area contributed by atoms with Gasteiger partial charge in [0.1, 0.15) is 0 Å².